The average molecular weight is 215 g/mol. The van der Waals surface area contributed by atoms with Crippen molar-refractivity contribution in [3.63, 3.8) is 0 Å². The fraction of sp³-hybridized carbons (Fsp3) is 0.375. The van der Waals surface area contributed by atoms with Gasteiger partial charge in [0, 0.05) is 11.6 Å². The molecule has 0 aliphatic carbocycles. The molecule has 7 heteroatoms. The number of hydrogen-bond donors (Lipinski definition) is 1. The molecule has 0 aromatic carbocycles. The minimum absolute atomic E-state index is 0.0688. The molecule has 1 aliphatic heterocycles. The highest BCUT2D eigenvalue weighted by atomic mass is 17.1. The Morgan fingerprint density at radius 2 is 2.20 bits per heavy atom. The highest BCUT2D eigenvalue weighted by Crippen LogP contribution is 2.10. The summed E-state index contributed by atoms with van der Waals surface area (Å²) in [5, 5.41) is 7.84. The minimum Gasteiger partial charge on any atom is -0.430 e. The Morgan fingerprint density at radius 1 is 1.53 bits per heavy atom. The Hall–Kier alpha value is -1.89. The third-order valence-electron chi connectivity index (χ3n) is 1.80. The Balaban J connectivity index is 2.38. The van der Waals surface area contributed by atoms with E-state index in [-0.39, 0.29) is 13.2 Å². The van der Waals surface area contributed by atoms with Gasteiger partial charge in [0.15, 0.2) is 0 Å². The van der Waals surface area contributed by atoms with Gasteiger partial charge in [0.25, 0.3) is 11.8 Å². The number of ether oxygens (including phenoxy) is 1. The number of carbonyl (C=O) groups excluding carboxylic acids is 3. The van der Waals surface area contributed by atoms with E-state index in [1.54, 1.807) is 0 Å². The number of rotatable bonds is 3. The van der Waals surface area contributed by atoms with E-state index in [1.165, 1.54) is 13.0 Å². The van der Waals surface area contributed by atoms with Gasteiger partial charge in [-0.05, 0) is 6.92 Å². The fourth-order valence-electron chi connectivity index (χ4n) is 1.10. The lowest BCUT2D eigenvalue weighted by Gasteiger charge is -2.13. The molecule has 1 heterocycles. The molecular formula is C8H9NO6. The standard InChI is InChI=1S/C8H9NO6/c1-5-4-6(10)9(7(5)11)2-3-14-8(12)15-13/h4,13H,2-3H2,1H3. The second-order valence-corrected chi connectivity index (χ2v) is 2.81. The summed E-state index contributed by atoms with van der Waals surface area (Å²) in [6, 6.07) is 0. The molecule has 0 fully saturated rings. The molecule has 0 spiro atoms. The van der Waals surface area contributed by atoms with Crippen LogP contribution in [0.4, 0.5) is 4.79 Å². The molecule has 0 radical (unpaired) electrons. The van der Waals surface area contributed by atoms with Crippen LogP contribution in [0.15, 0.2) is 11.6 Å². The van der Waals surface area contributed by atoms with E-state index in [9.17, 15) is 14.4 Å². The van der Waals surface area contributed by atoms with Crippen LogP contribution in [0.5, 0.6) is 0 Å². The molecule has 1 rings (SSSR count). The summed E-state index contributed by atoms with van der Waals surface area (Å²) in [6.45, 7) is 1.22. The van der Waals surface area contributed by atoms with E-state index in [0.29, 0.717) is 5.57 Å². The second-order valence-electron chi connectivity index (χ2n) is 2.81. The topological polar surface area (TPSA) is 93.1 Å². The van der Waals surface area contributed by atoms with E-state index < -0.39 is 18.0 Å². The number of amides is 2. The molecule has 1 N–H and O–H groups in total. The first-order valence-corrected chi connectivity index (χ1v) is 4.08. The summed E-state index contributed by atoms with van der Waals surface area (Å²) in [5.74, 6) is -0.862. The fourth-order valence-corrected chi connectivity index (χ4v) is 1.10. The van der Waals surface area contributed by atoms with Crippen molar-refractivity contribution in [1.29, 1.82) is 0 Å². The Kier molecular flexibility index (Phi) is 3.40. The zero-order valence-electron chi connectivity index (χ0n) is 7.93. The molecule has 0 saturated heterocycles. The Morgan fingerprint density at radius 3 is 2.67 bits per heavy atom. The summed E-state index contributed by atoms with van der Waals surface area (Å²) in [6.07, 6.45) is -0.0778. The van der Waals surface area contributed by atoms with Crippen LogP contribution in [0.3, 0.4) is 0 Å². The van der Waals surface area contributed by atoms with Crippen molar-refractivity contribution in [1.82, 2.24) is 4.90 Å². The van der Waals surface area contributed by atoms with Gasteiger partial charge < -0.3 is 4.74 Å². The van der Waals surface area contributed by atoms with E-state index in [0.717, 1.165) is 4.90 Å². The van der Waals surface area contributed by atoms with Crippen LogP contribution in [0.25, 0.3) is 0 Å². The predicted molar refractivity (Wildman–Crippen MR) is 45.5 cm³/mol. The van der Waals surface area contributed by atoms with Gasteiger partial charge in [0.1, 0.15) is 6.61 Å². The molecule has 0 atom stereocenters. The maximum atomic E-state index is 11.3. The van der Waals surface area contributed by atoms with E-state index >= 15 is 0 Å². The van der Waals surface area contributed by atoms with Crippen LogP contribution in [-0.4, -0.2) is 41.3 Å². The molecule has 1 aliphatic rings. The normalized spacial score (nSPS) is 15.3. The smallest absolute Gasteiger partial charge is 0.430 e. The first-order chi connectivity index (χ1) is 7.06. The van der Waals surface area contributed by atoms with Crippen molar-refractivity contribution in [2.75, 3.05) is 13.2 Å². The lowest BCUT2D eigenvalue weighted by Crippen LogP contribution is -2.34. The first-order valence-electron chi connectivity index (χ1n) is 4.08. The predicted octanol–water partition coefficient (Wildman–Crippen LogP) is -0.0723. The van der Waals surface area contributed by atoms with Crippen molar-refractivity contribution in [3.05, 3.63) is 11.6 Å². The quantitative estimate of drug-likeness (QED) is 0.306. The Bertz CT molecular complexity index is 334. The monoisotopic (exact) mass is 215 g/mol. The van der Waals surface area contributed by atoms with Crippen LogP contribution in [0, 0.1) is 0 Å². The average Bonchev–Trinajstić information content (AvgIpc) is 2.44. The largest absolute Gasteiger partial charge is 0.540 e. The van der Waals surface area contributed by atoms with Gasteiger partial charge >= 0.3 is 6.16 Å². The molecule has 0 bridgehead atoms. The maximum absolute atomic E-state index is 11.3. The van der Waals surface area contributed by atoms with Gasteiger partial charge in [-0.15, -0.1) is 0 Å². The van der Waals surface area contributed by atoms with Crippen molar-refractivity contribution in [2.24, 2.45) is 0 Å². The van der Waals surface area contributed by atoms with Gasteiger partial charge in [-0.2, -0.15) is 5.26 Å². The van der Waals surface area contributed by atoms with Gasteiger partial charge in [-0.3, -0.25) is 19.4 Å². The van der Waals surface area contributed by atoms with Gasteiger partial charge in [-0.25, -0.2) is 4.79 Å². The van der Waals surface area contributed by atoms with Crippen molar-refractivity contribution in [3.8, 4) is 0 Å². The zero-order valence-corrected chi connectivity index (χ0v) is 7.93. The summed E-state index contributed by atoms with van der Waals surface area (Å²) < 4.78 is 4.30. The third kappa shape index (κ3) is 2.53. The number of hydrogen-bond acceptors (Lipinski definition) is 6. The van der Waals surface area contributed by atoms with E-state index in [4.69, 9.17) is 5.26 Å². The highest BCUT2D eigenvalue weighted by Gasteiger charge is 2.27. The highest BCUT2D eigenvalue weighted by molar-refractivity contribution is 6.15. The lowest BCUT2D eigenvalue weighted by molar-refractivity contribution is -0.200. The van der Waals surface area contributed by atoms with Crippen LogP contribution in [0.1, 0.15) is 6.92 Å². The summed E-state index contributed by atoms with van der Waals surface area (Å²) in [4.78, 5) is 36.9. The number of carbonyl (C=O) groups is 3. The molecule has 0 saturated carbocycles. The molecule has 0 aromatic rings. The lowest BCUT2D eigenvalue weighted by atomic mass is 10.3. The summed E-state index contributed by atoms with van der Waals surface area (Å²) >= 11 is 0. The molecular weight excluding hydrogens is 206 g/mol. The van der Waals surface area contributed by atoms with E-state index in [1.807, 2.05) is 0 Å². The molecule has 0 unspecified atom stereocenters. The Labute approximate surface area is 84.8 Å². The van der Waals surface area contributed by atoms with Crippen LogP contribution >= 0.6 is 0 Å². The molecule has 7 nitrogen and oxygen atoms in total. The second kappa shape index (κ2) is 4.56. The SMILES string of the molecule is CC1=CC(=O)N(CCOC(=O)OO)C1=O. The summed E-state index contributed by atoms with van der Waals surface area (Å²) in [5.41, 5.74) is 0.338. The molecule has 82 valence electrons. The molecule has 2 amide bonds. The summed E-state index contributed by atoms with van der Waals surface area (Å²) in [7, 11) is 0. The van der Waals surface area contributed by atoms with Crippen LogP contribution in [0.2, 0.25) is 0 Å². The van der Waals surface area contributed by atoms with Crippen molar-refractivity contribution in [2.45, 2.75) is 6.92 Å². The third-order valence-corrected chi connectivity index (χ3v) is 1.80. The van der Waals surface area contributed by atoms with E-state index in [2.05, 4.69) is 9.62 Å². The van der Waals surface area contributed by atoms with Crippen molar-refractivity contribution >= 4 is 18.0 Å². The van der Waals surface area contributed by atoms with Crippen LogP contribution in [-0.2, 0) is 19.2 Å². The zero-order chi connectivity index (χ0) is 11.4. The molecule has 0 aromatic heterocycles. The maximum Gasteiger partial charge on any atom is 0.540 e. The van der Waals surface area contributed by atoms with Crippen molar-refractivity contribution < 1.29 is 29.3 Å². The minimum atomic E-state index is -1.28. The molecule has 15 heavy (non-hydrogen) atoms. The van der Waals surface area contributed by atoms with Crippen LogP contribution < -0.4 is 0 Å². The number of nitrogens with zero attached hydrogens (tertiary/aromatic N) is 1. The van der Waals surface area contributed by atoms with Gasteiger partial charge in [-0.1, -0.05) is 0 Å². The first kappa shape index (κ1) is 11.2. The van der Waals surface area contributed by atoms with Gasteiger partial charge in [0.05, 0.1) is 6.54 Å². The number of imide groups is 1. The van der Waals surface area contributed by atoms with Gasteiger partial charge in [0.2, 0.25) is 0 Å².